The fraction of sp³-hybridized carbons (Fsp3) is 0.0714. The van der Waals surface area contributed by atoms with Gasteiger partial charge in [-0.3, -0.25) is 9.59 Å². The summed E-state index contributed by atoms with van der Waals surface area (Å²) in [6.07, 6.45) is 3.40. The zero-order valence-electron chi connectivity index (χ0n) is 20.1. The van der Waals surface area contributed by atoms with Crippen LogP contribution in [0.1, 0.15) is 36.0 Å². The molecule has 2 aromatic carbocycles. The van der Waals surface area contributed by atoms with Crippen LogP contribution in [0.4, 0.5) is 5.69 Å². The van der Waals surface area contributed by atoms with Gasteiger partial charge in [0, 0.05) is 40.5 Å². The van der Waals surface area contributed by atoms with Crippen molar-refractivity contribution in [2.45, 2.75) is 6.61 Å². The van der Waals surface area contributed by atoms with Gasteiger partial charge in [-0.2, -0.15) is 5.10 Å². The molecule has 0 saturated heterocycles. The van der Waals surface area contributed by atoms with Gasteiger partial charge in [-0.05, 0) is 59.5 Å². The quantitative estimate of drug-likeness (QED) is 0.274. The van der Waals surface area contributed by atoms with Crippen molar-refractivity contribution in [2.24, 2.45) is 5.73 Å². The van der Waals surface area contributed by atoms with Crippen LogP contribution in [0.2, 0.25) is 5.02 Å². The standard InChI is InChI=1S/C28H21ClN4O4S/c1-32(20-8-9-24(29)22(14-20)28(36)37-16-21-3-2-12-38-21)27(35)19-10-11-33-25(13-19)23(15-31-33)17-4-6-18(7-5-17)26(30)34/h2-15H,16H2,1H3,(H2,30,34). The van der Waals surface area contributed by atoms with Crippen LogP contribution in [0.25, 0.3) is 16.6 Å². The van der Waals surface area contributed by atoms with Gasteiger partial charge in [0.2, 0.25) is 5.91 Å². The molecule has 38 heavy (non-hydrogen) atoms. The third-order valence-corrected chi connectivity index (χ3v) is 7.22. The number of thiophene rings is 1. The molecule has 10 heteroatoms. The predicted octanol–water partition coefficient (Wildman–Crippen LogP) is 5.45. The second-order valence-electron chi connectivity index (χ2n) is 8.43. The van der Waals surface area contributed by atoms with Gasteiger partial charge in [0.25, 0.3) is 5.91 Å². The van der Waals surface area contributed by atoms with E-state index in [-0.39, 0.29) is 23.1 Å². The van der Waals surface area contributed by atoms with Gasteiger partial charge in [0.1, 0.15) is 6.61 Å². The number of halogens is 1. The van der Waals surface area contributed by atoms with Gasteiger partial charge >= 0.3 is 5.97 Å². The van der Waals surface area contributed by atoms with Gasteiger partial charge in [-0.1, -0.05) is 29.8 Å². The number of pyridine rings is 1. The lowest BCUT2D eigenvalue weighted by Gasteiger charge is -2.19. The van der Waals surface area contributed by atoms with Crippen LogP contribution in [0.5, 0.6) is 0 Å². The van der Waals surface area contributed by atoms with Crippen molar-refractivity contribution in [3.8, 4) is 11.1 Å². The molecule has 0 saturated carbocycles. The van der Waals surface area contributed by atoms with Crippen molar-refractivity contribution in [2.75, 3.05) is 11.9 Å². The summed E-state index contributed by atoms with van der Waals surface area (Å²) < 4.78 is 7.06. The van der Waals surface area contributed by atoms with Gasteiger partial charge in [-0.25, -0.2) is 9.31 Å². The number of rotatable bonds is 7. The highest BCUT2D eigenvalue weighted by atomic mass is 35.5. The monoisotopic (exact) mass is 544 g/mol. The van der Waals surface area contributed by atoms with Crippen LogP contribution < -0.4 is 10.6 Å². The van der Waals surface area contributed by atoms with Crippen molar-refractivity contribution in [3.63, 3.8) is 0 Å². The highest BCUT2D eigenvalue weighted by Crippen LogP contribution is 2.28. The molecule has 0 fully saturated rings. The number of esters is 1. The van der Waals surface area contributed by atoms with Crippen molar-refractivity contribution < 1.29 is 19.1 Å². The first-order valence-corrected chi connectivity index (χ1v) is 12.7. The number of carbonyl (C=O) groups is 3. The fourth-order valence-corrected chi connectivity index (χ4v) is 4.76. The first kappa shape index (κ1) is 25.2. The average molecular weight is 545 g/mol. The summed E-state index contributed by atoms with van der Waals surface area (Å²) in [5, 5.41) is 6.51. The highest BCUT2D eigenvalue weighted by Gasteiger charge is 2.20. The minimum atomic E-state index is -0.571. The number of primary amides is 1. The van der Waals surface area contributed by atoms with Crippen molar-refractivity contribution >= 4 is 51.9 Å². The van der Waals surface area contributed by atoms with E-state index >= 15 is 0 Å². The smallest absolute Gasteiger partial charge is 0.340 e. The topological polar surface area (TPSA) is 107 Å². The molecule has 8 nitrogen and oxygen atoms in total. The summed E-state index contributed by atoms with van der Waals surface area (Å²) in [6.45, 7) is 0.144. The Morgan fingerprint density at radius 2 is 1.84 bits per heavy atom. The maximum absolute atomic E-state index is 13.4. The summed E-state index contributed by atoms with van der Waals surface area (Å²) in [5.74, 6) is -1.36. The largest absolute Gasteiger partial charge is 0.456 e. The molecule has 3 heterocycles. The zero-order chi connectivity index (χ0) is 26.8. The number of aromatic nitrogens is 2. The molecule has 2 N–H and O–H groups in total. The van der Waals surface area contributed by atoms with Gasteiger partial charge in [0.05, 0.1) is 22.3 Å². The van der Waals surface area contributed by atoms with Crippen LogP contribution in [-0.2, 0) is 11.3 Å². The van der Waals surface area contributed by atoms with E-state index in [9.17, 15) is 14.4 Å². The molecule has 3 aromatic heterocycles. The molecule has 5 aromatic rings. The van der Waals surface area contributed by atoms with E-state index in [0.29, 0.717) is 22.3 Å². The number of ether oxygens (including phenoxy) is 1. The average Bonchev–Trinajstić information content (AvgIpc) is 3.61. The molecule has 0 spiro atoms. The minimum absolute atomic E-state index is 0.144. The molecule has 190 valence electrons. The lowest BCUT2D eigenvalue weighted by Crippen LogP contribution is -2.26. The van der Waals surface area contributed by atoms with Crippen LogP contribution in [0, 0.1) is 0 Å². The molecule has 2 amide bonds. The van der Waals surface area contributed by atoms with E-state index in [2.05, 4.69) is 5.10 Å². The normalized spacial score (nSPS) is 10.9. The Morgan fingerprint density at radius 3 is 2.55 bits per heavy atom. The molecule has 0 radical (unpaired) electrons. The number of fused-ring (bicyclic) bond motifs is 1. The molecule has 0 atom stereocenters. The van der Waals surface area contributed by atoms with E-state index < -0.39 is 11.9 Å². The highest BCUT2D eigenvalue weighted by molar-refractivity contribution is 7.09. The summed E-state index contributed by atoms with van der Waals surface area (Å²) >= 11 is 7.76. The zero-order valence-corrected chi connectivity index (χ0v) is 21.7. The Balaban J connectivity index is 1.40. The second-order valence-corrected chi connectivity index (χ2v) is 9.87. The van der Waals surface area contributed by atoms with Crippen LogP contribution in [0.3, 0.4) is 0 Å². The molecular weight excluding hydrogens is 524 g/mol. The third kappa shape index (κ3) is 5.02. The maximum atomic E-state index is 13.4. The molecule has 0 bridgehead atoms. The molecule has 0 unspecified atom stereocenters. The van der Waals surface area contributed by atoms with Crippen molar-refractivity contribution in [1.82, 2.24) is 9.61 Å². The lowest BCUT2D eigenvalue weighted by molar-refractivity contribution is 0.0476. The molecule has 0 aliphatic heterocycles. The van der Waals surface area contributed by atoms with E-state index in [4.69, 9.17) is 22.1 Å². The molecule has 0 aliphatic rings. The fourth-order valence-electron chi connectivity index (χ4n) is 3.95. The molecule has 0 aliphatic carbocycles. The van der Waals surface area contributed by atoms with E-state index in [1.807, 2.05) is 17.5 Å². The van der Waals surface area contributed by atoms with Crippen LogP contribution in [0.15, 0.2) is 84.5 Å². The summed E-state index contributed by atoms with van der Waals surface area (Å²) in [4.78, 5) is 39.9. The molecule has 5 rings (SSSR count). The van der Waals surface area contributed by atoms with Crippen molar-refractivity contribution in [3.05, 3.63) is 111 Å². The Morgan fingerprint density at radius 1 is 1.05 bits per heavy atom. The van der Waals surface area contributed by atoms with Crippen LogP contribution in [-0.4, -0.2) is 34.4 Å². The number of hydrogen-bond donors (Lipinski definition) is 1. The minimum Gasteiger partial charge on any atom is -0.456 e. The first-order valence-electron chi connectivity index (χ1n) is 11.5. The number of nitrogens with two attached hydrogens (primary N) is 1. The maximum Gasteiger partial charge on any atom is 0.340 e. The summed E-state index contributed by atoms with van der Waals surface area (Å²) in [7, 11) is 1.62. The molecular formula is C28H21ClN4O4S. The third-order valence-electron chi connectivity index (χ3n) is 6.04. The number of nitrogens with zero attached hydrogens (tertiary/aromatic N) is 3. The van der Waals surface area contributed by atoms with E-state index in [1.165, 1.54) is 16.2 Å². The Kier molecular flexibility index (Phi) is 6.95. The lowest BCUT2D eigenvalue weighted by atomic mass is 10.0. The number of hydrogen-bond acceptors (Lipinski definition) is 6. The second kappa shape index (κ2) is 10.5. The predicted molar refractivity (Wildman–Crippen MR) is 147 cm³/mol. The summed E-state index contributed by atoms with van der Waals surface area (Å²) in [5.41, 5.74) is 9.16. The first-order chi connectivity index (χ1) is 18.3. The SMILES string of the molecule is CN(C(=O)c1ccn2ncc(-c3ccc(C(N)=O)cc3)c2c1)c1ccc(Cl)c(C(=O)OCc2cccs2)c1. The number of amides is 2. The number of anilines is 1. The van der Waals surface area contributed by atoms with Gasteiger partial charge in [-0.15, -0.1) is 11.3 Å². The van der Waals surface area contributed by atoms with Crippen LogP contribution >= 0.6 is 22.9 Å². The van der Waals surface area contributed by atoms with Gasteiger partial charge < -0.3 is 15.4 Å². The van der Waals surface area contributed by atoms with E-state index in [0.717, 1.165) is 16.0 Å². The van der Waals surface area contributed by atoms with Crippen molar-refractivity contribution in [1.29, 1.82) is 0 Å². The van der Waals surface area contributed by atoms with Gasteiger partial charge in [0.15, 0.2) is 0 Å². The Labute approximate surface area is 226 Å². The summed E-state index contributed by atoms with van der Waals surface area (Å²) in [6, 6.07) is 18.8. The Bertz CT molecular complexity index is 1660. The number of carbonyl (C=O) groups excluding carboxylic acids is 3. The number of benzene rings is 2. The van der Waals surface area contributed by atoms with E-state index in [1.54, 1.807) is 78.6 Å². The Hall–Kier alpha value is -4.47.